The van der Waals surface area contributed by atoms with E-state index in [4.69, 9.17) is 0 Å². The van der Waals surface area contributed by atoms with Crippen LogP contribution >= 0.6 is 0 Å². The van der Waals surface area contributed by atoms with Crippen molar-refractivity contribution in [3.05, 3.63) is 29.8 Å². The van der Waals surface area contributed by atoms with Gasteiger partial charge in [0.25, 0.3) is 0 Å². The summed E-state index contributed by atoms with van der Waals surface area (Å²) in [4.78, 5) is 13.6. The highest BCUT2D eigenvalue weighted by Crippen LogP contribution is 2.17. The molecule has 1 unspecified atom stereocenters. The Balaban J connectivity index is 2.09. The molecule has 1 fully saturated rings. The Bertz CT molecular complexity index is 389. The number of carbonyl (C=O) groups is 1. The second kappa shape index (κ2) is 5.19. The maximum absolute atomic E-state index is 11.3. The summed E-state index contributed by atoms with van der Waals surface area (Å²) in [5, 5.41) is 3.40. The molecule has 4 nitrogen and oxygen atoms in total. The van der Waals surface area contributed by atoms with Gasteiger partial charge in [-0.2, -0.15) is 0 Å². The van der Waals surface area contributed by atoms with E-state index < -0.39 is 0 Å². The molecule has 0 amide bonds. The Morgan fingerprint density at radius 1 is 1.41 bits per heavy atom. The van der Waals surface area contributed by atoms with Crippen molar-refractivity contribution in [1.82, 2.24) is 5.32 Å². The number of hydrogen-bond donors (Lipinski definition) is 1. The highest BCUT2D eigenvalue weighted by Gasteiger charge is 2.16. The quantitative estimate of drug-likeness (QED) is 0.782. The molecule has 17 heavy (non-hydrogen) atoms. The van der Waals surface area contributed by atoms with Crippen LogP contribution in [-0.4, -0.2) is 38.8 Å². The van der Waals surface area contributed by atoms with E-state index in [0.717, 1.165) is 25.3 Å². The Kier molecular flexibility index (Phi) is 3.64. The van der Waals surface area contributed by atoms with Crippen LogP contribution in [-0.2, 0) is 4.74 Å². The van der Waals surface area contributed by atoms with E-state index in [-0.39, 0.29) is 5.97 Å². The minimum atomic E-state index is -0.287. The number of nitrogens with zero attached hydrogens (tertiary/aromatic N) is 1. The lowest BCUT2D eigenvalue weighted by Gasteiger charge is -2.33. The highest BCUT2D eigenvalue weighted by atomic mass is 16.5. The number of hydrogen-bond acceptors (Lipinski definition) is 4. The zero-order chi connectivity index (χ0) is 12.3. The Morgan fingerprint density at radius 2 is 2.12 bits per heavy atom. The van der Waals surface area contributed by atoms with Crippen molar-refractivity contribution in [3.8, 4) is 0 Å². The number of esters is 1. The van der Waals surface area contributed by atoms with Gasteiger partial charge in [-0.05, 0) is 31.2 Å². The van der Waals surface area contributed by atoms with Gasteiger partial charge in [-0.1, -0.05) is 0 Å². The molecule has 0 radical (unpaired) electrons. The zero-order valence-corrected chi connectivity index (χ0v) is 10.3. The number of piperazine rings is 1. The van der Waals surface area contributed by atoms with Crippen LogP contribution in [0.2, 0.25) is 0 Å². The van der Waals surface area contributed by atoms with Crippen LogP contribution in [0.1, 0.15) is 17.3 Å². The third-order valence-electron chi connectivity index (χ3n) is 3.02. The molecule has 1 saturated heterocycles. The molecular weight excluding hydrogens is 216 g/mol. The average molecular weight is 234 g/mol. The summed E-state index contributed by atoms with van der Waals surface area (Å²) in [5.74, 6) is -0.287. The molecule has 0 spiro atoms. The predicted molar refractivity (Wildman–Crippen MR) is 67.5 cm³/mol. The van der Waals surface area contributed by atoms with E-state index in [1.165, 1.54) is 7.11 Å². The van der Waals surface area contributed by atoms with E-state index >= 15 is 0 Å². The van der Waals surface area contributed by atoms with Gasteiger partial charge in [0.05, 0.1) is 12.7 Å². The minimum Gasteiger partial charge on any atom is -0.465 e. The molecule has 1 N–H and O–H groups in total. The fraction of sp³-hybridized carbons (Fsp3) is 0.462. The second-order valence-electron chi connectivity index (χ2n) is 4.34. The van der Waals surface area contributed by atoms with Crippen LogP contribution in [0.5, 0.6) is 0 Å². The van der Waals surface area contributed by atoms with Gasteiger partial charge in [0, 0.05) is 31.4 Å². The molecule has 0 bridgehead atoms. The number of benzene rings is 1. The molecule has 1 heterocycles. The van der Waals surface area contributed by atoms with E-state index in [1.807, 2.05) is 24.3 Å². The van der Waals surface area contributed by atoms with Crippen LogP contribution in [0.25, 0.3) is 0 Å². The lowest BCUT2D eigenvalue weighted by atomic mass is 10.1. The SMILES string of the molecule is COC(=O)c1ccc(N2CCNC(C)C2)cc1. The number of rotatable bonds is 2. The standard InChI is InChI=1S/C13H18N2O2/c1-10-9-15(8-7-14-10)12-5-3-11(4-6-12)13(16)17-2/h3-6,10,14H,7-9H2,1-2H3. The van der Waals surface area contributed by atoms with Gasteiger partial charge in [0.1, 0.15) is 0 Å². The lowest BCUT2D eigenvalue weighted by Crippen LogP contribution is -2.49. The van der Waals surface area contributed by atoms with Crippen molar-refractivity contribution in [2.24, 2.45) is 0 Å². The fourth-order valence-corrected chi connectivity index (χ4v) is 2.09. The zero-order valence-electron chi connectivity index (χ0n) is 10.3. The van der Waals surface area contributed by atoms with Gasteiger partial charge < -0.3 is 15.0 Å². The molecule has 0 saturated carbocycles. The van der Waals surface area contributed by atoms with E-state index in [0.29, 0.717) is 11.6 Å². The van der Waals surface area contributed by atoms with Crippen LogP contribution in [0.4, 0.5) is 5.69 Å². The van der Waals surface area contributed by atoms with Gasteiger partial charge in [-0.3, -0.25) is 0 Å². The maximum atomic E-state index is 11.3. The van der Waals surface area contributed by atoms with Gasteiger partial charge in [0.2, 0.25) is 0 Å². The molecule has 2 rings (SSSR count). The van der Waals surface area contributed by atoms with Gasteiger partial charge >= 0.3 is 5.97 Å². The van der Waals surface area contributed by atoms with Crippen molar-refractivity contribution in [3.63, 3.8) is 0 Å². The predicted octanol–water partition coefficient (Wildman–Crippen LogP) is 1.27. The molecule has 1 aromatic carbocycles. The Hall–Kier alpha value is -1.55. The average Bonchev–Trinajstić information content (AvgIpc) is 2.38. The molecule has 1 aromatic rings. The van der Waals surface area contributed by atoms with Crippen molar-refractivity contribution in [1.29, 1.82) is 0 Å². The molecule has 4 heteroatoms. The van der Waals surface area contributed by atoms with Crippen molar-refractivity contribution in [2.45, 2.75) is 13.0 Å². The van der Waals surface area contributed by atoms with Gasteiger partial charge in [0.15, 0.2) is 0 Å². The fourth-order valence-electron chi connectivity index (χ4n) is 2.09. The molecule has 1 atom stereocenters. The molecule has 0 aliphatic carbocycles. The summed E-state index contributed by atoms with van der Waals surface area (Å²) in [6, 6.07) is 8.08. The third kappa shape index (κ3) is 2.77. The highest BCUT2D eigenvalue weighted by molar-refractivity contribution is 5.89. The number of anilines is 1. The minimum absolute atomic E-state index is 0.287. The molecule has 0 aromatic heterocycles. The number of carbonyl (C=O) groups excluding carboxylic acids is 1. The van der Waals surface area contributed by atoms with Crippen molar-refractivity contribution < 1.29 is 9.53 Å². The summed E-state index contributed by atoms with van der Waals surface area (Å²) in [6.07, 6.45) is 0. The molecule has 92 valence electrons. The Morgan fingerprint density at radius 3 is 2.71 bits per heavy atom. The van der Waals surface area contributed by atoms with E-state index in [9.17, 15) is 4.79 Å². The summed E-state index contributed by atoms with van der Waals surface area (Å²) < 4.78 is 4.68. The largest absolute Gasteiger partial charge is 0.465 e. The van der Waals surface area contributed by atoms with Crippen LogP contribution in [0, 0.1) is 0 Å². The van der Waals surface area contributed by atoms with Gasteiger partial charge in [-0.15, -0.1) is 0 Å². The first-order valence-corrected chi connectivity index (χ1v) is 5.87. The van der Waals surface area contributed by atoms with E-state index in [1.54, 1.807) is 0 Å². The van der Waals surface area contributed by atoms with Crippen LogP contribution in [0.3, 0.4) is 0 Å². The molecule has 1 aliphatic heterocycles. The smallest absolute Gasteiger partial charge is 0.337 e. The topological polar surface area (TPSA) is 41.6 Å². The molecular formula is C13H18N2O2. The Labute approximate surface area is 102 Å². The van der Waals surface area contributed by atoms with E-state index in [2.05, 4.69) is 21.9 Å². The summed E-state index contributed by atoms with van der Waals surface area (Å²) in [5.41, 5.74) is 1.76. The monoisotopic (exact) mass is 234 g/mol. The van der Waals surface area contributed by atoms with Crippen LogP contribution < -0.4 is 10.2 Å². The number of methoxy groups -OCH3 is 1. The second-order valence-corrected chi connectivity index (χ2v) is 4.34. The van der Waals surface area contributed by atoms with Crippen molar-refractivity contribution >= 4 is 11.7 Å². The number of ether oxygens (including phenoxy) is 1. The van der Waals surface area contributed by atoms with Crippen LogP contribution in [0.15, 0.2) is 24.3 Å². The summed E-state index contributed by atoms with van der Waals surface area (Å²) in [6.45, 7) is 5.17. The first kappa shape index (κ1) is 11.9. The summed E-state index contributed by atoms with van der Waals surface area (Å²) >= 11 is 0. The summed E-state index contributed by atoms with van der Waals surface area (Å²) in [7, 11) is 1.40. The first-order chi connectivity index (χ1) is 8.20. The third-order valence-corrected chi connectivity index (χ3v) is 3.02. The lowest BCUT2D eigenvalue weighted by molar-refractivity contribution is 0.0601. The number of nitrogens with one attached hydrogen (secondary N) is 1. The van der Waals surface area contributed by atoms with Crippen molar-refractivity contribution in [2.75, 3.05) is 31.6 Å². The molecule has 1 aliphatic rings. The van der Waals surface area contributed by atoms with Gasteiger partial charge in [-0.25, -0.2) is 4.79 Å². The maximum Gasteiger partial charge on any atom is 0.337 e. The first-order valence-electron chi connectivity index (χ1n) is 5.87. The normalized spacial score (nSPS) is 20.1.